The van der Waals surface area contributed by atoms with Crippen molar-refractivity contribution in [3.8, 4) is 27.9 Å². The van der Waals surface area contributed by atoms with E-state index in [2.05, 4.69) is 165 Å². The predicted molar refractivity (Wildman–Crippen MR) is 196 cm³/mol. The van der Waals surface area contributed by atoms with Gasteiger partial charge >= 0.3 is 0 Å². The van der Waals surface area contributed by atoms with Gasteiger partial charge in [0.25, 0.3) is 0 Å². The van der Waals surface area contributed by atoms with Crippen LogP contribution < -0.4 is 0 Å². The Balaban J connectivity index is 1.41. The summed E-state index contributed by atoms with van der Waals surface area (Å²) in [6.07, 6.45) is 0. The lowest BCUT2D eigenvalue weighted by atomic mass is 9.59. The van der Waals surface area contributed by atoms with Crippen LogP contribution in [0.15, 0.2) is 91.0 Å². The number of benzene rings is 5. The monoisotopic (exact) mass is 599 g/mol. The van der Waals surface area contributed by atoms with Crippen LogP contribution in [0.2, 0.25) is 0 Å². The maximum absolute atomic E-state index is 2.60. The molecule has 1 heterocycles. The highest BCUT2D eigenvalue weighted by molar-refractivity contribution is 6.12. The van der Waals surface area contributed by atoms with Gasteiger partial charge < -0.3 is 4.57 Å². The molecular formula is C45H45N. The number of aromatic nitrogens is 1. The van der Waals surface area contributed by atoms with Gasteiger partial charge in [0.1, 0.15) is 0 Å². The first-order valence-corrected chi connectivity index (χ1v) is 17.1. The standard InChI is InChI=1S/C45H45N/c1-41(2)33-17-13-11-15-27(33)29-20-19-26(21-35(29)41)46-39-24-36-30(28-16-12-14-18-34(28)42(36,3)4)22-31(39)32-23-37-38(25-40(32)46)44(7,8)45(9,10)43(37,5)6/h11-25H,1-10H3. The van der Waals surface area contributed by atoms with E-state index in [1.807, 2.05) is 0 Å². The fourth-order valence-electron chi connectivity index (χ4n) is 9.85. The lowest BCUT2D eigenvalue weighted by Crippen LogP contribution is -2.42. The minimum Gasteiger partial charge on any atom is -0.309 e. The minimum atomic E-state index is -0.0568. The first-order valence-electron chi connectivity index (χ1n) is 17.1. The molecule has 1 heteroatoms. The molecule has 0 N–H and O–H groups in total. The van der Waals surface area contributed by atoms with Crippen LogP contribution in [0.1, 0.15) is 103 Å². The highest BCUT2D eigenvalue weighted by Crippen LogP contribution is 2.62. The van der Waals surface area contributed by atoms with Crippen LogP contribution in [0.3, 0.4) is 0 Å². The summed E-state index contributed by atoms with van der Waals surface area (Å²) >= 11 is 0. The molecule has 0 bridgehead atoms. The Morgan fingerprint density at radius 2 is 0.848 bits per heavy atom. The summed E-state index contributed by atoms with van der Waals surface area (Å²) in [4.78, 5) is 0. The molecule has 3 aliphatic rings. The van der Waals surface area contributed by atoms with Gasteiger partial charge in [-0.1, -0.05) is 124 Å². The molecule has 0 saturated carbocycles. The SMILES string of the molecule is CC1(C)c2ccccc2-c2ccc(-n3c4cc5c(cc4c4cc6c(cc43)C(C)(C)C(C)(C)C6(C)C)-c3ccccc3C5(C)C)cc21. The van der Waals surface area contributed by atoms with Gasteiger partial charge in [0.05, 0.1) is 11.0 Å². The average molecular weight is 600 g/mol. The van der Waals surface area contributed by atoms with Gasteiger partial charge in [0.15, 0.2) is 0 Å². The van der Waals surface area contributed by atoms with E-state index in [0.717, 1.165) is 0 Å². The molecule has 5 aromatic carbocycles. The van der Waals surface area contributed by atoms with Gasteiger partial charge in [0, 0.05) is 27.3 Å². The van der Waals surface area contributed by atoms with E-state index in [9.17, 15) is 0 Å². The van der Waals surface area contributed by atoms with Crippen molar-refractivity contribution in [2.45, 2.75) is 90.9 Å². The number of rotatable bonds is 1. The topological polar surface area (TPSA) is 4.93 Å². The van der Waals surface area contributed by atoms with E-state index in [-0.39, 0.29) is 27.1 Å². The lowest BCUT2D eigenvalue weighted by Gasteiger charge is -2.44. The molecule has 9 rings (SSSR count). The summed E-state index contributed by atoms with van der Waals surface area (Å²) in [6, 6.07) is 35.4. The molecular weight excluding hydrogens is 555 g/mol. The van der Waals surface area contributed by atoms with E-state index in [0.29, 0.717) is 0 Å². The second-order valence-corrected chi connectivity index (χ2v) is 17.1. The second-order valence-electron chi connectivity index (χ2n) is 17.1. The summed E-state index contributed by atoms with van der Waals surface area (Å²) in [5, 5.41) is 2.72. The minimum absolute atomic E-state index is 0.0333. The highest BCUT2D eigenvalue weighted by Gasteiger charge is 2.57. The van der Waals surface area contributed by atoms with Crippen LogP contribution in [0.5, 0.6) is 0 Å². The summed E-state index contributed by atoms with van der Waals surface area (Å²) in [7, 11) is 0. The van der Waals surface area contributed by atoms with E-state index < -0.39 is 0 Å². The van der Waals surface area contributed by atoms with Crippen molar-refractivity contribution in [2.75, 3.05) is 0 Å². The summed E-state index contributed by atoms with van der Waals surface area (Å²) in [5.74, 6) is 0. The summed E-state index contributed by atoms with van der Waals surface area (Å²) in [6.45, 7) is 24.3. The molecule has 0 saturated heterocycles. The van der Waals surface area contributed by atoms with Crippen molar-refractivity contribution in [1.82, 2.24) is 4.57 Å². The molecule has 6 aromatic rings. The van der Waals surface area contributed by atoms with Crippen LogP contribution in [0.4, 0.5) is 0 Å². The summed E-state index contributed by atoms with van der Waals surface area (Å²) in [5.41, 5.74) is 18.1. The molecule has 46 heavy (non-hydrogen) atoms. The zero-order chi connectivity index (χ0) is 32.3. The number of hydrogen-bond acceptors (Lipinski definition) is 0. The fraction of sp³-hybridized carbons (Fsp3) is 0.333. The Kier molecular flexibility index (Phi) is 5.04. The van der Waals surface area contributed by atoms with Gasteiger partial charge in [-0.2, -0.15) is 0 Å². The molecule has 0 unspecified atom stereocenters. The number of nitrogens with zero attached hydrogens (tertiary/aromatic N) is 1. The van der Waals surface area contributed by atoms with Crippen molar-refractivity contribution in [1.29, 1.82) is 0 Å². The van der Waals surface area contributed by atoms with E-state index in [1.54, 1.807) is 0 Å². The highest BCUT2D eigenvalue weighted by atomic mass is 15.0. The van der Waals surface area contributed by atoms with Crippen molar-refractivity contribution in [3.63, 3.8) is 0 Å². The van der Waals surface area contributed by atoms with Crippen LogP contribution >= 0.6 is 0 Å². The fourth-order valence-corrected chi connectivity index (χ4v) is 9.85. The van der Waals surface area contributed by atoms with Gasteiger partial charge in [0.2, 0.25) is 0 Å². The maximum atomic E-state index is 2.60. The van der Waals surface area contributed by atoms with Gasteiger partial charge in [-0.3, -0.25) is 0 Å². The Morgan fingerprint density at radius 3 is 1.46 bits per heavy atom. The van der Waals surface area contributed by atoms with Crippen molar-refractivity contribution in [3.05, 3.63) is 124 Å². The molecule has 230 valence electrons. The second kappa shape index (κ2) is 8.24. The van der Waals surface area contributed by atoms with Gasteiger partial charge in [-0.25, -0.2) is 0 Å². The molecule has 1 aromatic heterocycles. The molecule has 0 atom stereocenters. The Bertz CT molecular complexity index is 2330. The Labute approximate surface area is 274 Å². The number of fused-ring (bicyclic) bond motifs is 10. The quantitative estimate of drug-likeness (QED) is 0.177. The molecule has 1 nitrogen and oxygen atoms in total. The van der Waals surface area contributed by atoms with Gasteiger partial charge in [-0.05, 0) is 108 Å². The normalized spacial score (nSPS) is 20.0. The largest absolute Gasteiger partial charge is 0.309 e. The smallest absolute Gasteiger partial charge is 0.0544 e. The Hall–Kier alpha value is -4.10. The molecule has 0 aliphatic heterocycles. The van der Waals surface area contributed by atoms with E-state index in [4.69, 9.17) is 0 Å². The summed E-state index contributed by atoms with van der Waals surface area (Å²) < 4.78 is 2.60. The van der Waals surface area contributed by atoms with Crippen molar-refractivity contribution in [2.24, 2.45) is 5.41 Å². The molecule has 0 spiro atoms. The molecule has 0 fully saturated rings. The lowest BCUT2D eigenvalue weighted by molar-refractivity contribution is 0.125. The zero-order valence-corrected chi connectivity index (χ0v) is 29.1. The van der Waals surface area contributed by atoms with Crippen LogP contribution in [0.25, 0.3) is 49.7 Å². The van der Waals surface area contributed by atoms with Crippen LogP contribution in [0, 0.1) is 5.41 Å². The third-order valence-electron chi connectivity index (χ3n) is 13.9. The first-order chi connectivity index (χ1) is 21.6. The average Bonchev–Trinajstić information content (AvgIpc) is 3.58. The molecule has 0 radical (unpaired) electrons. The molecule has 3 aliphatic carbocycles. The third-order valence-corrected chi connectivity index (χ3v) is 13.9. The van der Waals surface area contributed by atoms with Crippen LogP contribution in [-0.4, -0.2) is 4.57 Å². The molecule has 0 amide bonds. The predicted octanol–water partition coefficient (Wildman–Crippen LogP) is 12.0. The maximum Gasteiger partial charge on any atom is 0.0544 e. The van der Waals surface area contributed by atoms with Crippen LogP contribution in [-0.2, 0) is 21.7 Å². The third kappa shape index (κ3) is 3.04. The van der Waals surface area contributed by atoms with Crippen molar-refractivity contribution >= 4 is 21.8 Å². The van der Waals surface area contributed by atoms with E-state index >= 15 is 0 Å². The Morgan fingerprint density at radius 1 is 0.391 bits per heavy atom. The van der Waals surface area contributed by atoms with Gasteiger partial charge in [-0.15, -0.1) is 0 Å². The van der Waals surface area contributed by atoms with E-state index in [1.165, 1.54) is 83.1 Å². The number of hydrogen-bond donors (Lipinski definition) is 0. The zero-order valence-electron chi connectivity index (χ0n) is 29.1. The van der Waals surface area contributed by atoms with Crippen molar-refractivity contribution < 1.29 is 0 Å². The first kappa shape index (κ1) is 28.1.